The average molecular weight is 514 g/mol. The minimum absolute atomic E-state index is 0.213. The molecule has 1 aliphatic heterocycles. The third-order valence-corrected chi connectivity index (χ3v) is 8.15. The van der Waals surface area contributed by atoms with E-state index in [1.54, 1.807) is 0 Å². The second kappa shape index (κ2) is 10.9. The first-order chi connectivity index (χ1) is 19.1. The van der Waals surface area contributed by atoms with E-state index < -0.39 is 0 Å². The Morgan fingerprint density at radius 1 is 1.00 bits per heavy atom. The Morgan fingerprint density at radius 2 is 1.79 bits per heavy atom. The van der Waals surface area contributed by atoms with Crippen molar-refractivity contribution in [3.8, 4) is 17.3 Å². The smallest absolute Gasteiger partial charge is 0.137 e. The molecule has 3 aliphatic rings. The zero-order chi connectivity index (χ0) is 26.8. The summed E-state index contributed by atoms with van der Waals surface area (Å²) in [5.74, 6) is 0.213. The Labute approximate surface area is 231 Å². The van der Waals surface area contributed by atoms with Gasteiger partial charge in [-0.05, 0) is 55.5 Å². The van der Waals surface area contributed by atoms with Crippen molar-refractivity contribution in [1.29, 1.82) is 5.26 Å². The Morgan fingerprint density at radius 3 is 2.54 bits per heavy atom. The van der Waals surface area contributed by atoms with Crippen molar-refractivity contribution in [1.82, 2.24) is 19.2 Å². The lowest BCUT2D eigenvalue weighted by Crippen LogP contribution is -2.46. The number of benzene rings is 1. The Balaban J connectivity index is 1.26. The normalized spacial score (nSPS) is 19.6. The number of hydrogen-bond donors (Lipinski definition) is 0. The minimum atomic E-state index is 0.213. The molecule has 2 aliphatic carbocycles. The molecular formula is C34H35N5. The van der Waals surface area contributed by atoms with Gasteiger partial charge in [-0.1, -0.05) is 66.8 Å². The number of allylic oxidation sites excluding steroid dienone is 8. The van der Waals surface area contributed by atoms with Crippen LogP contribution in [-0.4, -0.2) is 45.4 Å². The van der Waals surface area contributed by atoms with E-state index in [1.165, 1.54) is 22.4 Å². The predicted molar refractivity (Wildman–Crippen MR) is 159 cm³/mol. The van der Waals surface area contributed by atoms with Gasteiger partial charge in [-0.2, -0.15) is 5.26 Å². The molecule has 1 aromatic carbocycles. The third-order valence-electron chi connectivity index (χ3n) is 8.15. The summed E-state index contributed by atoms with van der Waals surface area (Å²) in [5, 5.41) is 9.31. The predicted octanol–water partition coefficient (Wildman–Crippen LogP) is 6.70. The van der Waals surface area contributed by atoms with Gasteiger partial charge in [-0.15, -0.1) is 0 Å². The average Bonchev–Trinajstić information content (AvgIpc) is 3.35. The van der Waals surface area contributed by atoms with E-state index in [1.807, 2.05) is 6.08 Å². The van der Waals surface area contributed by atoms with E-state index >= 15 is 0 Å². The molecule has 0 saturated carbocycles. The topological polar surface area (TPSA) is 47.6 Å². The molecule has 2 aromatic heterocycles. The number of nitrogens with zero attached hydrogens (tertiary/aromatic N) is 5. The number of aryl methyl sites for hydroxylation is 1. The minimum Gasteiger partial charge on any atom is -0.372 e. The van der Waals surface area contributed by atoms with Gasteiger partial charge in [0.15, 0.2) is 0 Å². The van der Waals surface area contributed by atoms with Crippen LogP contribution in [0.2, 0.25) is 0 Å². The molecule has 5 nitrogen and oxygen atoms in total. The summed E-state index contributed by atoms with van der Waals surface area (Å²) >= 11 is 0. The maximum absolute atomic E-state index is 9.31. The molecule has 0 N–H and O–H groups in total. The Kier molecular flexibility index (Phi) is 7.04. The molecule has 1 fully saturated rings. The lowest BCUT2D eigenvalue weighted by molar-refractivity contribution is 0.145. The first-order valence-corrected chi connectivity index (χ1v) is 14.0. The molecule has 3 aromatic rings. The lowest BCUT2D eigenvalue weighted by atomic mass is 9.93. The van der Waals surface area contributed by atoms with Gasteiger partial charge in [-0.3, -0.25) is 4.90 Å². The second-order valence-corrected chi connectivity index (χ2v) is 10.8. The zero-order valence-electron chi connectivity index (χ0n) is 22.7. The van der Waals surface area contributed by atoms with Gasteiger partial charge >= 0.3 is 0 Å². The highest BCUT2D eigenvalue weighted by Crippen LogP contribution is 2.30. The Hall–Kier alpha value is -4.14. The van der Waals surface area contributed by atoms with Crippen LogP contribution in [0.25, 0.3) is 22.5 Å². The van der Waals surface area contributed by atoms with Crippen LogP contribution in [0.3, 0.4) is 0 Å². The van der Waals surface area contributed by atoms with E-state index in [0.717, 1.165) is 80.2 Å². The fraction of sp³-hybridized carbons (Fsp3) is 0.294. The van der Waals surface area contributed by atoms with Crippen LogP contribution in [0.15, 0.2) is 96.9 Å². The van der Waals surface area contributed by atoms with E-state index in [4.69, 9.17) is 4.98 Å². The van der Waals surface area contributed by atoms with Crippen molar-refractivity contribution in [3.63, 3.8) is 0 Å². The number of aromatic nitrogens is 2. The molecule has 196 valence electrons. The summed E-state index contributed by atoms with van der Waals surface area (Å²) in [4.78, 5) is 10.1. The monoisotopic (exact) mass is 513 g/mol. The summed E-state index contributed by atoms with van der Waals surface area (Å²) < 4.78 is 2.31. The first kappa shape index (κ1) is 25.2. The summed E-state index contributed by atoms with van der Waals surface area (Å²) in [6.07, 6.45) is 18.3. The van der Waals surface area contributed by atoms with Gasteiger partial charge in [0.1, 0.15) is 5.65 Å². The molecule has 0 radical (unpaired) electrons. The van der Waals surface area contributed by atoms with Gasteiger partial charge in [-0.25, -0.2) is 4.98 Å². The first-order valence-electron chi connectivity index (χ1n) is 14.0. The number of rotatable bonds is 6. The molecule has 1 unspecified atom stereocenters. The summed E-state index contributed by atoms with van der Waals surface area (Å²) in [6, 6.07) is 15.4. The number of piperazine rings is 1. The van der Waals surface area contributed by atoms with Crippen LogP contribution in [0, 0.1) is 24.2 Å². The summed E-state index contributed by atoms with van der Waals surface area (Å²) in [5.41, 5.74) is 10.1. The zero-order valence-corrected chi connectivity index (χ0v) is 22.7. The number of pyridine rings is 1. The largest absolute Gasteiger partial charge is 0.372 e. The van der Waals surface area contributed by atoms with Gasteiger partial charge in [0.2, 0.25) is 0 Å². The van der Waals surface area contributed by atoms with Crippen LogP contribution in [0.1, 0.15) is 36.1 Å². The van der Waals surface area contributed by atoms with E-state index in [-0.39, 0.29) is 5.92 Å². The number of hydrogen-bond acceptors (Lipinski definition) is 4. The maximum atomic E-state index is 9.31. The van der Waals surface area contributed by atoms with Crippen LogP contribution in [-0.2, 0) is 6.54 Å². The molecule has 1 atom stereocenters. The fourth-order valence-corrected chi connectivity index (χ4v) is 5.81. The van der Waals surface area contributed by atoms with Gasteiger partial charge in [0, 0.05) is 61.7 Å². The van der Waals surface area contributed by atoms with E-state index in [9.17, 15) is 5.26 Å². The fourth-order valence-electron chi connectivity index (χ4n) is 5.81. The van der Waals surface area contributed by atoms with Crippen molar-refractivity contribution in [2.75, 3.05) is 26.2 Å². The number of fused-ring (bicyclic) bond motifs is 1. The van der Waals surface area contributed by atoms with Gasteiger partial charge in [0.25, 0.3) is 0 Å². The molecule has 5 heteroatoms. The highest BCUT2D eigenvalue weighted by molar-refractivity contribution is 5.76. The SMILES string of the molecule is C=C(C1C=C(C#N)C=CC1)N1CCN(Cc2c(-c3ccc(C)cc3)nc3ccc(C4=CCCC=C4)cn23)CC1. The summed E-state index contributed by atoms with van der Waals surface area (Å²) in [6.45, 7) is 11.2. The van der Waals surface area contributed by atoms with Crippen LogP contribution < -0.4 is 0 Å². The van der Waals surface area contributed by atoms with E-state index in [2.05, 4.69) is 107 Å². The molecule has 0 bridgehead atoms. The maximum Gasteiger partial charge on any atom is 0.137 e. The van der Waals surface area contributed by atoms with Gasteiger partial charge < -0.3 is 9.30 Å². The number of nitriles is 1. The second-order valence-electron chi connectivity index (χ2n) is 10.8. The lowest BCUT2D eigenvalue weighted by Gasteiger charge is -2.39. The highest BCUT2D eigenvalue weighted by atomic mass is 15.3. The number of imidazole rings is 1. The molecule has 1 saturated heterocycles. The molecule has 39 heavy (non-hydrogen) atoms. The van der Waals surface area contributed by atoms with Crippen molar-refractivity contribution in [2.45, 2.75) is 32.7 Å². The third kappa shape index (κ3) is 5.26. The molecular weight excluding hydrogens is 478 g/mol. The van der Waals surface area contributed by atoms with Crippen molar-refractivity contribution in [3.05, 3.63) is 114 Å². The van der Waals surface area contributed by atoms with Crippen LogP contribution >= 0.6 is 0 Å². The summed E-state index contributed by atoms with van der Waals surface area (Å²) in [7, 11) is 0. The standard InChI is InChI=1S/C34H35N5/c1-25-11-13-29(14-12-25)34-32(39-23-31(15-16-33(39)36-34)28-8-4-3-5-9-28)24-37-17-19-38(20-18-37)26(2)30-10-6-7-27(21-30)22-35/h4,6-9,11-16,21,23,30H,2-3,5,10,17-20,24H2,1H3. The highest BCUT2D eigenvalue weighted by Gasteiger charge is 2.25. The molecule has 0 amide bonds. The van der Waals surface area contributed by atoms with Crippen LogP contribution in [0.4, 0.5) is 0 Å². The van der Waals surface area contributed by atoms with E-state index in [0.29, 0.717) is 0 Å². The van der Waals surface area contributed by atoms with Crippen molar-refractivity contribution in [2.24, 2.45) is 5.92 Å². The molecule has 3 heterocycles. The molecule has 0 spiro atoms. The van der Waals surface area contributed by atoms with Crippen molar-refractivity contribution >= 4 is 11.2 Å². The quantitative estimate of drug-likeness (QED) is 0.368. The Bertz CT molecular complexity index is 1550. The van der Waals surface area contributed by atoms with Crippen LogP contribution in [0.5, 0.6) is 0 Å². The van der Waals surface area contributed by atoms with Gasteiger partial charge in [0.05, 0.1) is 17.5 Å². The molecule has 6 rings (SSSR count). The van der Waals surface area contributed by atoms with Crippen molar-refractivity contribution < 1.29 is 0 Å².